The maximum Gasteiger partial charge on any atom is 0.228 e. The molecule has 0 aliphatic rings. The minimum absolute atomic E-state index is 0.0568. The molecule has 158 valence electrons. The molecule has 2 aromatic heterocycles. The second kappa shape index (κ2) is 8.15. The predicted molar refractivity (Wildman–Crippen MR) is 128 cm³/mol. The first-order valence-corrected chi connectivity index (χ1v) is 10.5. The first-order valence-electron chi connectivity index (χ1n) is 10.5. The van der Waals surface area contributed by atoms with Crippen LogP contribution in [-0.2, 0) is 11.2 Å². The number of carbonyl (C=O) groups is 1. The van der Waals surface area contributed by atoms with E-state index in [0.29, 0.717) is 6.42 Å². The van der Waals surface area contributed by atoms with Crippen molar-refractivity contribution in [2.75, 3.05) is 10.6 Å². The van der Waals surface area contributed by atoms with Crippen LogP contribution in [0.5, 0.6) is 0 Å². The Hall–Kier alpha value is -4.19. The largest absolute Gasteiger partial charge is 0.338 e. The van der Waals surface area contributed by atoms with Gasteiger partial charge in [-0.05, 0) is 48.7 Å². The third-order valence-electron chi connectivity index (χ3n) is 5.56. The van der Waals surface area contributed by atoms with Gasteiger partial charge < -0.3 is 10.6 Å². The summed E-state index contributed by atoms with van der Waals surface area (Å²) in [5.74, 6) is 0.687. The Morgan fingerprint density at radius 2 is 1.72 bits per heavy atom. The van der Waals surface area contributed by atoms with E-state index >= 15 is 0 Å². The van der Waals surface area contributed by atoms with E-state index in [1.807, 2.05) is 59.0 Å². The average molecular weight is 422 g/mol. The summed E-state index contributed by atoms with van der Waals surface area (Å²) in [5, 5.41) is 6.49. The molecule has 1 amide bonds. The Morgan fingerprint density at radius 1 is 0.938 bits per heavy atom. The van der Waals surface area contributed by atoms with Crippen LogP contribution in [0.2, 0.25) is 0 Å². The molecule has 0 saturated heterocycles. The van der Waals surface area contributed by atoms with Gasteiger partial charge in [0.15, 0.2) is 5.82 Å². The standard InChI is InChI=1S/C26H23N5O/c1-17-7-6-8-18(2)25(17)30-26-23-15-27-16-31(23)22-14-20(11-12-21(22)29-26)28-24(32)13-19-9-4-3-5-10-19/h3-12,14-16H,13H2,1-2H3,(H,28,32)(H,29,30). The van der Waals surface area contributed by atoms with E-state index in [4.69, 9.17) is 4.98 Å². The van der Waals surface area contributed by atoms with Crippen molar-refractivity contribution < 1.29 is 4.79 Å². The second-order valence-corrected chi connectivity index (χ2v) is 7.92. The lowest BCUT2D eigenvalue weighted by molar-refractivity contribution is -0.115. The zero-order valence-electron chi connectivity index (χ0n) is 18.0. The number of nitrogens with one attached hydrogen (secondary N) is 2. The fourth-order valence-corrected chi connectivity index (χ4v) is 3.94. The maximum absolute atomic E-state index is 12.5. The van der Waals surface area contributed by atoms with Gasteiger partial charge in [0.2, 0.25) is 5.91 Å². The van der Waals surface area contributed by atoms with Crippen molar-refractivity contribution in [1.29, 1.82) is 0 Å². The van der Waals surface area contributed by atoms with E-state index in [2.05, 4.69) is 41.6 Å². The molecular formula is C26H23N5O. The van der Waals surface area contributed by atoms with E-state index in [0.717, 1.165) is 50.4 Å². The molecule has 5 aromatic rings. The Morgan fingerprint density at radius 3 is 2.50 bits per heavy atom. The van der Waals surface area contributed by atoms with Gasteiger partial charge in [0, 0.05) is 11.4 Å². The number of hydrogen-bond donors (Lipinski definition) is 2. The van der Waals surface area contributed by atoms with Gasteiger partial charge in [-0.3, -0.25) is 9.20 Å². The molecule has 0 atom stereocenters. The lowest BCUT2D eigenvalue weighted by atomic mass is 10.1. The molecule has 0 unspecified atom stereocenters. The highest BCUT2D eigenvalue weighted by Crippen LogP contribution is 2.29. The Kier molecular flexibility index (Phi) is 5.03. The van der Waals surface area contributed by atoms with Crippen LogP contribution in [0.15, 0.2) is 79.3 Å². The molecule has 32 heavy (non-hydrogen) atoms. The van der Waals surface area contributed by atoms with Crippen molar-refractivity contribution in [2.45, 2.75) is 20.3 Å². The van der Waals surface area contributed by atoms with E-state index in [9.17, 15) is 4.79 Å². The minimum atomic E-state index is -0.0568. The molecule has 2 heterocycles. The van der Waals surface area contributed by atoms with Crippen LogP contribution in [0.25, 0.3) is 16.6 Å². The van der Waals surface area contributed by atoms with E-state index in [-0.39, 0.29) is 5.91 Å². The number of aryl methyl sites for hydroxylation is 2. The summed E-state index contributed by atoms with van der Waals surface area (Å²) in [6.45, 7) is 4.16. The number of nitrogens with zero attached hydrogens (tertiary/aromatic N) is 3. The summed E-state index contributed by atoms with van der Waals surface area (Å²) in [5.41, 5.74) is 7.62. The fourth-order valence-electron chi connectivity index (χ4n) is 3.94. The van der Waals surface area contributed by atoms with Crippen LogP contribution in [0.3, 0.4) is 0 Å². The summed E-state index contributed by atoms with van der Waals surface area (Å²) >= 11 is 0. The summed E-state index contributed by atoms with van der Waals surface area (Å²) in [6.07, 6.45) is 3.89. The first-order chi connectivity index (χ1) is 15.6. The number of carbonyl (C=O) groups excluding carboxylic acids is 1. The molecule has 6 nitrogen and oxygen atoms in total. The van der Waals surface area contributed by atoms with Crippen LogP contribution >= 0.6 is 0 Å². The van der Waals surface area contributed by atoms with Crippen molar-refractivity contribution in [2.24, 2.45) is 0 Å². The Bertz CT molecular complexity index is 1420. The SMILES string of the molecule is Cc1cccc(C)c1Nc1nc2ccc(NC(=O)Cc3ccccc3)cc2n2cncc12. The average Bonchev–Trinajstić information content (AvgIpc) is 3.28. The molecule has 0 bridgehead atoms. The van der Waals surface area contributed by atoms with Gasteiger partial charge in [-0.1, -0.05) is 48.5 Å². The lowest BCUT2D eigenvalue weighted by Crippen LogP contribution is -2.14. The highest BCUT2D eigenvalue weighted by Gasteiger charge is 2.13. The van der Waals surface area contributed by atoms with Gasteiger partial charge in [0.25, 0.3) is 0 Å². The quantitative estimate of drug-likeness (QED) is 0.397. The molecule has 5 rings (SSSR count). The highest BCUT2D eigenvalue weighted by atomic mass is 16.1. The van der Waals surface area contributed by atoms with Crippen LogP contribution < -0.4 is 10.6 Å². The monoisotopic (exact) mass is 421 g/mol. The van der Waals surface area contributed by atoms with Crippen molar-refractivity contribution >= 4 is 39.6 Å². The highest BCUT2D eigenvalue weighted by molar-refractivity contribution is 5.95. The normalized spacial score (nSPS) is 11.1. The predicted octanol–water partition coefficient (Wildman–Crippen LogP) is 5.42. The maximum atomic E-state index is 12.5. The summed E-state index contributed by atoms with van der Waals surface area (Å²) in [6, 6.07) is 21.6. The lowest BCUT2D eigenvalue weighted by Gasteiger charge is -2.15. The van der Waals surface area contributed by atoms with E-state index in [1.165, 1.54) is 0 Å². The summed E-state index contributed by atoms with van der Waals surface area (Å²) in [7, 11) is 0. The van der Waals surface area contributed by atoms with Gasteiger partial charge in [-0.25, -0.2) is 9.97 Å². The molecule has 2 N–H and O–H groups in total. The van der Waals surface area contributed by atoms with Gasteiger partial charge >= 0.3 is 0 Å². The smallest absolute Gasteiger partial charge is 0.228 e. The number of para-hydroxylation sites is 1. The van der Waals surface area contributed by atoms with Gasteiger partial charge in [0.05, 0.1) is 30.0 Å². The number of benzene rings is 3. The number of aromatic nitrogens is 3. The van der Waals surface area contributed by atoms with Crippen LogP contribution in [-0.4, -0.2) is 20.3 Å². The Labute approximate surface area is 186 Å². The molecular weight excluding hydrogens is 398 g/mol. The number of imidazole rings is 1. The minimum Gasteiger partial charge on any atom is -0.338 e. The van der Waals surface area contributed by atoms with Crippen LogP contribution in [0.4, 0.5) is 17.2 Å². The number of fused-ring (bicyclic) bond motifs is 3. The number of rotatable bonds is 5. The van der Waals surface area contributed by atoms with Crippen LogP contribution in [0, 0.1) is 13.8 Å². The zero-order valence-corrected chi connectivity index (χ0v) is 18.0. The fraction of sp³-hybridized carbons (Fsp3) is 0.115. The van der Waals surface area contributed by atoms with E-state index in [1.54, 1.807) is 12.5 Å². The van der Waals surface area contributed by atoms with Crippen molar-refractivity contribution in [3.8, 4) is 0 Å². The second-order valence-electron chi connectivity index (χ2n) is 7.92. The molecule has 6 heteroatoms. The molecule has 0 aliphatic heterocycles. The zero-order chi connectivity index (χ0) is 22.1. The molecule has 0 aliphatic carbocycles. The summed E-state index contributed by atoms with van der Waals surface area (Å²) in [4.78, 5) is 21.7. The molecule has 0 radical (unpaired) electrons. The molecule has 0 saturated carbocycles. The number of amides is 1. The number of hydrogen-bond acceptors (Lipinski definition) is 4. The van der Waals surface area contributed by atoms with Gasteiger partial charge in [-0.15, -0.1) is 0 Å². The number of anilines is 3. The third kappa shape index (κ3) is 3.78. The van der Waals surface area contributed by atoms with Gasteiger partial charge in [-0.2, -0.15) is 0 Å². The van der Waals surface area contributed by atoms with Crippen molar-refractivity contribution in [3.05, 3.63) is 95.9 Å². The molecule has 0 fully saturated rings. The third-order valence-corrected chi connectivity index (χ3v) is 5.56. The molecule has 3 aromatic carbocycles. The summed E-state index contributed by atoms with van der Waals surface area (Å²) < 4.78 is 1.99. The van der Waals surface area contributed by atoms with E-state index < -0.39 is 0 Å². The first kappa shape index (κ1) is 19.8. The topological polar surface area (TPSA) is 71.3 Å². The van der Waals surface area contributed by atoms with Crippen molar-refractivity contribution in [1.82, 2.24) is 14.4 Å². The van der Waals surface area contributed by atoms with Crippen molar-refractivity contribution in [3.63, 3.8) is 0 Å². The van der Waals surface area contributed by atoms with Crippen LogP contribution in [0.1, 0.15) is 16.7 Å². The van der Waals surface area contributed by atoms with Gasteiger partial charge in [0.1, 0.15) is 5.52 Å². The molecule has 0 spiro atoms. The Balaban J connectivity index is 1.48.